The fraction of sp³-hybridized carbons (Fsp3) is 0.690. The van der Waals surface area contributed by atoms with E-state index in [9.17, 15) is 19.5 Å². The third-order valence-electron chi connectivity index (χ3n) is 8.39. The second-order valence-electron chi connectivity index (χ2n) is 12.3. The van der Waals surface area contributed by atoms with Crippen molar-refractivity contribution >= 4 is 23.4 Å². The van der Waals surface area contributed by atoms with E-state index in [0.29, 0.717) is 37.3 Å². The number of nitrogens with zero attached hydrogens (tertiary/aromatic N) is 1. The predicted octanol–water partition coefficient (Wildman–Crippen LogP) is 3.11. The molecule has 38 heavy (non-hydrogen) atoms. The van der Waals surface area contributed by atoms with E-state index in [-0.39, 0.29) is 30.2 Å². The van der Waals surface area contributed by atoms with Gasteiger partial charge in [0, 0.05) is 11.2 Å². The number of carbonyl (C=O) groups is 3. The Morgan fingerprint density at radius 3 is 2.34 bits per heavy atom. The summed E-state index contributed by atoms with van der Waals surface area (Å²) in [5, 5.41) is 16.3. The van der Waals surface area contributed by atoms with Crippen LogP contribution in [-0.4, -0.2) is 69.8 Å². The Hall–Kier alpha value is -2.65. The molecule has 3 N–H and O–H groups in total. The summed E-state index contributed by atoms with van der Waals surface area (Å²) in [7, 11) is 0. The van der Waals surface area contributed by atoms with Crippen molar-refractivity contribution in [2.75, 3.05) is 18.5 Å². The Bertz CT molecular complexity index is 1070. The summed E-state index contributed by atoms with van der Waals surface area (Å²) < 4.78 is 12.3. The molecule has 1 aromatic carbocycles. The van der Waals surface area contributed by atoms with Crippen LogP contribution in [0.1, 0.15) is 67.7 Å². The second-order valence-corrected chi connectivity index (χ2v) is 12.3. The maximum atomic E-state index is 14.3. The molecule has 2 unspecified atom stereocenters. The normalized spacial score (nSPS) is 30.9. The van der Waals surface area contributed by atoms with Crippen LogP contribution in [0.5, 0.6) is 5.75 Å². The van der Waals surface area contributed by atoms with Gasteiger partial charge in [-0.25, -0.2) is 0 Å². The van der Waals surface area contributed by atoms with E-state index < -0.39 is 40.7 Å². The standard InChI is InChI=1S/C29H43N3O6/c1-8-28-14-15-29(38-28)22(21(28)24(34)30-18-10-12-19(13-11-18)37-9-2)26(36)32(20(16-33)17(3)4)23(29)25(35)31-27(5,6)7/h10-13,17,20-23,33H,8-9,14-16H2,1-7H3,(H,30,34)(H,31,35)/t20-,21+,22-,23?,28-,29?/m0/s1. The summed E-state index contributed by atoms with van der Waals surface area (Å²) in [5.74, 6) is -1.88. The van der Waals surface area contributed by atoms with Gasteiger partial charge in [-0.2, -0.15) is 0 Å². The van der Waals surface area contributed by atoms with Crippen LogP contribution in [0.15, 0.2) is 24.3 Å². The number of nitrogens with one attached hydrogen (secondary N) is 2. The predicted molar refractivity (Wildman–Crippen MR) is 144 cm³/mol. The molecule has 2 bridgehead atoms. The zero-order valence-corrected chi connectivity index (χ0v) is 23.7. The number of fused-ring (bicyclic) bond motifs is 1. The molecule has 4 rings (SSSR count). The van der Waals surface area contributed by atoms with Gasteiger partial charge in [-0.1, -0.05) is 20.8 Å². The second kappa shape index (κ2) is 10.2. The highest BCUT2D eigenvalue weighted by molar-refractivity contribution is 6.02. The van der Waals surface area contributed by atoms with Crippen molar-refractivity contribution in [3.05, 3.63) is 24.3 Å². The Morgan fingerprint density at radius 1 is 1.16 bits per heavy atom. The number of amides is 3. The molecule has 3 heterocycles. The lowest BCUT2D eigenvalue weighted by molar-refractivity contribution is -0.152. The van der Waals surface area contributed by atoms with E-state index in [0.717, 1.165) is 0 Å². The molecule has 9 heteroatoms. The molecule has 3 amide bonds. The van der Waals surface area contributed by atoms with Crippen LogP contribution in [0.2, 0.25) is 0 Å². The lowest BCUT2D eigenvalue weighted by atomic mass is 9.65. The van der Waals surface area contributed by atoms with Gasteiger partial charge in [-0.3, -0.25) is 14.4 Å². The van der Waals surface area contributed by atoms with Gasteiger partial charge in [-0.05, 0) is 77.1 Å². The number of benzene rings is 1. The highest BCUT2D eigenvalue weighted by Gasteiger charge is 2.79. The molecule has 0 radical (unpaired) electrons. The van der Waals surface area contributed by atoms with Crippen LogP contribution in [0.25, 0.3) is 0 Å². The number of hydrogen-bond donors (Lipinski definition) is 3. The largest absolute Gasteiger partial charge is 0.494 e. The Labute approximate surface area is 225 Å². The minimum Gasteiger partial charge on any atom is -0.494 e. The number of rotatable bonds is 9. The van der Waals surface area contributed by atoms with Crippen LogP contribution in [-0.2, 0) is 19.1 Å². The van der Waals surface area contributed by atoms with Crippen LogP contribution in [0, 0.1) is 17.8 Å². The third kappa shape index (κ3) is 4.57. The zero-order chi connectivity index (χ0) is 28.0. The molecule has 3 aliphatic heterocycles. The molecular weight excluding hydrogens is 486 g/mol. The molecule has 210 valence electrons. The number of aliphatic hydroxyl groups excluding tert-OH is 1. The quantitative estimate of drug-likeness (QED) is 0.453. The van der Waals surface area contributed by atoms with Crippen molar-refractivity contribution in [1.29, 1.82) is 0 Å². The Kier molecular flexibility index (Phi) is 7.58. The fourth-order valence-corrected chi connectivity index (χ4v) is 6.79. The molecule has 1 spiro atoms. The summed E-state index contributed by atoms with van der Waals surface area (Å²) in [6.45, 7) is 13.6. The first kappa shape index (κ1) is 28.4. The zero-order valence-electron chi connectivity index (χ0n) is 23.7. The van der Waals surface area contributed by atoms with Gasteiger partial charge in [-0.15, -0.1) is 0 Å². The molecule has 9 nitrogen and oxygen atoms in total. The monoisotopic (exact) mass is 529 g/mol. The van der Waals surface area contributed by atoms with Gasteiger partial charge in [0.05, 0.1) is 36.7 Å². The molecule has 3 saturated heterocycles. The van der Waals surface area contributed by atoms with Crippen molar-refractivity contribution in [1.82, 2.24) is 10.2 Å². The number of likely N-dealkylation sites (tertiary alicyclic amines) is 1. The average molecular weight is 530 g/mol. The number of aliphatic hydroxyl groups is 1. The van der Waals surface area contributed by atoms with Gasteiger partial charge in [0.1, 0.15) is 17.4 Å². The van der Waals surface area contributed by atoms with Gasteiger partial charge in [0.2, 0.25) is 17.7 Å². The van der Waals surface area contributed by atoms with Gasteiger partial charge < -0.3 is 30.1 Å². The summed E-state index contributed by atoms with van der Waals surface area (Å²) in [4.78, 5) is 43.5. The molecule has 0 saturated carbocycles. The van der Waals surface area contributed by atoms with Crippen molar-refractivity contribution in [2.24, 2.45) is 17.8 Å². The topological polar surface area (TPSA) is 117 Å². The fourth-order valence-electron chi connectivity index (χ4n) is 6.79. The van der Waals surface area contributed by atoms with Gasteiger partial charge in [0.15, 0.2) is 0 Å². The molecule has 0 aliphatic carbocycles. The smallest absolute Gasteiger partial charge is 0.246 e. The molecule has 0 aromatic heterocycles. The Morgan fingerprint density at radius 2 is 1.82 bits per heavy atom. The lowest BCUT2D eigenvalue weighted by Crippen LogP contribution is -2.61. The molecule has 3 aliphatic rings. The van der Waals surface area contributed by atoms with E-state index in [1.165, 1.54) is 4.90 Å². The van der Waals surface area contributed by atoms with E-state index in [1.807, 2.05) is 48.5 Å². The molecule has 6 atom stereocenters. The Balaban J connectivity index is 1.74. The number of anilines is 1. The highest BCUT2D eigenvalue weighted by atomic mass is 16.5. The first-order chi connectivity index (χ1) is 17.8. The SMILES string of the molecule is CCOc1ccc(NC(=O)[C@H]2[C@H]3C(=O)N([C@@H](CO)C(C)C)C(C(=O)NC(C)(C)C)C34CC[C@]2(CC)O4)cc1. The van der Waals surface area contributed by atoms with Crippen molar-refractivity contribution in [2.45, 2.75) is 96.6 Å². The van der Waals surface area contributed by atoms with Crippen LogP contribution in [0.4, 0.5) is 5.69 Å². The summed E-state index contributed by atoms with van der Waals surface area (Å²) in [5.41, 5.74) is -1.90. The van der Waals surface area contributed by atoms with Crippen LogP contribution < -0.4 is 15.4 Å². The van der Waals surface area contributed by atoms with Crippen molar-refractivity contribution in [3.63, 3.8) is 0 Å². The minimum atomic E-state index is -1.13. The maximum Gasteiger partial charge on any atom is 0.246 e. The minimum absolute atomic E-state index is 0.0995. The molecule has 1 aromatic rings. The summed E-state index contributed by atoms with van der Waals surface area (Å²) >= 11 is 0. The third-order valence-corrected chi connectivity index (χ3v) is 8.39. The molecular formula is C29H43N3O6. The molecule has 3 fully saturated rings. The van der Waals surface area contributed by atoms with E-state index in [4.69, 9.17) is 9.47 Å². The van der Waals surface area contributed by atoms with Crippen LogP contribution in [0.3, 0.4) is 0 Å². The lowest BCUT2D eigenvalue weighted by Gasteiger charge is -2.39. The average Bonchev–Trinajstić information content (AvgIpc) is 3.44. The first-order valence-corrected chi connectivity index (χ1v) is 13.8. The number of hydrogen-bond acceptors (Lipinski definition) is 6. The summed E-state index contributed by atoms with van der Waals surface area (Å²) in [6, 6.07) is 5.61. The highest BCUT2D eigenvalue weighted by Crippen LogP contribution is 2.64. The van der Waals surface area contributed by atoms with Gasteiger partial charge >= 0.3 is 0 Å². The van der Waals surface area contributed by atoms with Crippen molar-refractivity contribution < 1.29 is 29.0 Å². The number of ether oxygens (including phenoxy) is 2. The van der Waals surface area contributed by atoms with E-state index in [2.05, 4.69) is 10.6 Å². The summed E-state index contributed by atoms with van der Waals surface area (Å²) in [6.07, 6.45) is 1.62. The van der Waals surface area contributed by atoms with E-state index in [1.54, 1.807) is 24.3 Å². The number of carbonyl (C=O) groups excluding carboxylic acids is 3. The first-order valence-electron chi connectivity index (χ1n) is 13.8. The van der Waals surface area contributed by atoms with E-state index >= 15 is 0 Å². The van der Waals surface area contributed by atoms with Crippen molar-refractivity contribution in [3.8, 4) is 5.75 Å². The maximum absolute atomic E-state index is 14.3. The van der Waals surface area contributed by atoms with Gasteiger partial charge in [0.25, 0.3) is 0 Å². The van der Waals surface area contributed by atoms with Crippen LogP contribution >= 0.6 is 0 Å².